The topological polar surface area (TPSA) is 32.6 Å². The number of quaternary nitrogens is 1. The van der Waals surface area contributed by atoms with Gasteiger partial charge in [-0.2, -0.15) is 0 Å². The number of rotatable bonds is 18. The maximum Gasteiger partial charge on any atom is 0.200 e. The van der Waals surface area contributed by atoms with Crippen molar-refractivity contribution in [2.24, 2.45) is 4.99 Å². The zero-order valence-electron chi connectivity index (χ0n) is 19.3. The fraction of sp³-hybridized carbons (Fsp3) is 0.880. The van der Waals surface area contributed by atoms with Gasteiger partial charge in [-0.3, -0.25) is 4.48 Å². The highest BCUT2D eigenvalue weighted by Gasteiger charge is 2.40. The molecular weight excluding hydrogens is 344 g/mol. The average molecular weight is 394 g/mol. The summed E-state index contributed by atoms with van der Waals surface area (Å²) in [5.74, 6) is 1.24. The molecule has 2 unspecified atom stereocenters. The van der Waals surface area contributed by atoms with Crippen LogP contribution in [0.3, 0.4) is 0 Å². The maximum atomic E-state index is 10.2. The van der Waals surface area contributed by atoms with Crippen LogP contribution in [0.15, 0.2) is 17.1 Å². The van der Waals surface area contributed by atoms with Gasteiger partial charge < -0.3 is 5.11 Å². The molecule has 1 rings (SSSR count). The van der Waals surface area contributed by atoms with Crippen LogP contribution in [-0.4, -0.2) is 41.3 Å². The van der Waals surface area contributed by atoms with Crippen molar-refractivity contribution in [3.05, 3.63) is 12.2 Å². The van der Waals surface area contributed by atoms with Crippen LogP contribution in [0, 0.1) is 0 Å². The van der Waals surface area contributed by atoms with E-state index in [-0.39, 0.29) is 6.23 Å². The molecule has 1 N–H and O–H groups in total. The highest BCUT2D eigenvalue weighted by atomic mass is 16.3. The Morgan fingerprint density at radius 1 is 0.857 bits per heavy atom. The van der Waals surface area contributed by atoms with Gasteiger partial charge in [0.25, 0.3) is 0 Å². The molecule has 0 amide bonds. The molecule has 0 radical (unpaired) electrons. The number of likely N-dealkylation sites (N-methyl/N-ethyl adjacent to an activating group) is 1. The van der Waals surface area contributed by atoms with Gasteiger partial charge in [0.05, 0.1) is 13.1 Å². The molecule has 3 nitrogen and oxygen atoms in total. The van der Waals surface area contributed by atoms with Gasteiger partial charge in [0.15, 0.2) is 6.23 Å². The van der Waals surface area contributed by atoms with Gasteiger partial charge >= 0.3 is 0 Å². The van der Waals surface area contributed by atoms with E-state index in [1.807, 2.05) is 6.92 Å². The first kappa shape index (κ1) is 25.4. The molecule has 0 bridgehead atoms. The van der Waals surface area contributed by atoms with Gasteiger partial charge in [0.2, 0.25) is 5.84 Å². The summed E-state index contributed by atoms with van der Waals surface area (Å²) >= 11 is 0. The highest BCUT2D eigenvalue weighted by molar-refractivity contribution is 5.76. The van der Waals surface area contributed by atoms with Crippen LogP contribution < -0.4 is 0 Å². The number of aliphatic hydroxyl groups is 1. The van der Waals surface area contributed by atoms with E-state index in [1.54, 1.807) is 0 Å². The molecule has 3 heteroatoms. The third-order valence-electron chi connectivity index (χ3n) is 6.50. The standard InChI is InChI=1S/C25H49N2O/c1-4-6-7-8-9-10-11-12-13-14-15-16-17-18-19-20-21-25-26-22-23-27(25,5-2)24(3)28/h14-15,24,28H,4-13,16-23H2,1-3H3/q+1/b15-14+. The van der Waals surface area contributed by atoms with Crippen molar-refractivity contribution in [1.29, 1.82) is 0 Å². The lowest BCUT2D eigenvalue weighted by atomic mass is 10.1. The van der Waals surface area contributed by atoms with Crippen LogP contribution in [0.1, 0.15) is 117 Å². The normalized spacial score (nSPS) is 20.8. The molecule has 0 spiro atoms. The molecule has 0 aliphatic carbocycles. The summed E-state index contributed by atoms with van der Waals surface area (Å²) in [6.07, 6.45) is 24.4. The zero-order chi connectivity index (χ0) is 20.5. The van der Waals surface area contributed by atoms with Gasteiger partial charge in [0, 0.05) is 13.3 Å². The van der Waals surface area contributed by atoms with E-state index in [1.165, 1.54) is 95.7 Å². The second-order valence-electron chi connectivity index (χ2n) is 8.69. The summed E-state index contributed by atoms with van der Waals surface area (Å²) in [5, 5.41) is 10.2. The largest absolute Gasteiger partial charge is 0.345 e. The van der Waals surface area contributed by atoms with E-state index in [4.69, 9.17) is 4.99 Å². The van der Waals surface area contributed by atoms with Gasteiger partial charge in [-0.1, -0.05) is 76.9 Å². The minimum absolute atomic E-state index is 0.322. The molecule has 0 fully saturated rings. The van der Waals surface area contributed by atoms with Crippen molar-refractivity contribution < 1.29 is 9.59 Å². The predicted molar refractivity (Wildman–Crippen MR) is 124 cm³/mol. The summed E-state index contributed by atoms with van der Waals surface area (Å²) in [5.41, 5.74) is 0. The molecule has 164 valence electrons. The molecule has 0 aromatic heterocycles. The van der Waals surface area contributed by atoms with Crippen LogP contribution in [0.25, 0.3) is 0 Å². The lowest BCUT2D eigenvalue weighted by Gasteiger charge is -2.36. The minimum Gasteiger partial charge on any atom is -0.345 e. The van der Waals surface area contributed by atoms with Gasteiger partial charge in [0.1, 0.15) is 6.54 Å². The fourth-order valence-electron chi connectivity index (χ4n) is 4.47. The van der Waals surface area contributed by atoms with Gasteiger partial charge in [-0.15, -0.1) is 0 Å². The maximum absolute atomic E-state index is 10.2. The van der Waals surface area contributed by atoms with Crippen LogP contribution in [-0.2, 0) is 0 Å². The molecule has 2 atom stereocenters. The van der Waals surface area contributed by atoms with Crippen LogP contribution in [0.2, 0.25) is 0 Å². The number of nitrogens with zero attached hydrogens (tertiary/aromatic N) is 2. The molecule has 0 aromatic rings. The third kappa shape index (κ3) is 9.69. The predicted octanol–water partition coefficient (Wildman–Crippen LogP) is 7.00. The lowest BCUT2D eigenvalue weighted by molar-refractivity contribution is -0.882. The molecule has 0 aromatic carbocycles. The Labute approximate surface area is 175 Å². The van der Waals surface area contributed by atoms with Gasteiger partial charge in [-0.25, -0.2) is 4.99 Å². The number of amidine groups is 1. The first-order valence-electron chi connectivity index (χ1n) is 12.4. The Morgan fingerprint density at radius 3 is 1.93 bits per heavy atom. The number of aliphatic imine (C=N–C) groups is 1. The molecule has 28 heavy (non-hydrogen) atoms. The summed E-state index contributed by atoms with van der Waals surface area (Å²) in [4.78, 5) is 4.71. The van der Waals surface area contributed by atoms with Crippen molar-refractivity contribution in [1.82, 2.24) is 0 Å². The molecule has 0 saturated carbocycles. The number of allylic oxidation sites excluding steroid dienone is 2. The van der Waals surface area contributed by atoms with Crippen molar-refractivity contribution >= 4 is 5.84 Å². The number of hydrogen-bond acceptors (Lipinski definition) is 2. The Bertz CT molecular complexity index is 430. The minimum atomic E-state index is -0.322. The van der Waals surface area contributed by atoms with E-state index < -0.39 is 0 Å². The summed E-state index contributed by atoms with van der Waals surface area (Å²) < 4.78 is 0.710. The Morgan fingerprint density at radius 2 is 1.39 bits per heavy atom. The Kier molecular flexibility index (Phi) is 14.6. The lowest BCUT2D eigenvalue weighted by Crippen LogP contribution is -2.56. The molecule has 1 heterocycles. The third-order valence-corrected chi connectivity index (χ3v) is 6.50. The number of hydrogen-bond donors (Lipinski definition) is 1. The molecule has 1 aliphatic heterocycles. The quantitative estimate of drug-likeness (QED) is 0.152. The monoisotopic (exact) mass is 393 g/mol. The van der Waals surface area contributed by atoms with Crippen molar-refractivity contribution in [3.8, 4) is 0 Å². The second kappa shape index (κ2) is 16.2. The summed E-state index contributed by atoms with van der Waals surface area (Å²) in [6.45, 7) is 9.20. The first-order valence-corrected chi connectivity index (χ1v) is 12.4. The van der Waals surface area contributed by atoms with E-state index in [0.717, 1.165) is 26.1 Å². The van der Waals surface area contributed by atoms with Crippen LogP contribution in [0.4, 0.5) is 0 Å². The summed E-state index contributed by atoms with van der Waals surface area (Å²) in [6, 6.07) is 0. The smallest absolute Gasteiger partial charge is 0.200 e. The molecule has 1 aliphatic rings. The van der Waals surface area contributed by atoms with Crippen molar-refractivity contribution in [2.75, 3.05) is 19.6 Å². The van der Waals surface area contributed by atoms with Crippen molar-refractivity contribution in [2.45, 2.75) is 123 Å². The molecule has 0 saturated heterocycles. The fourth-order valence-corrected chi connectivity index (χ4v) is 4.47. The average Bonchev–Trinajstić information content (AvgIpc) is 3.12. The van der Waals surface area contributed by atoms with E-state index in [0.29, 0.717) is 4.48 Å². The van der Waals surface area contributed by atoms with Crippen molar-refractivity contribution in [3.63, 3.8) is 0 Å². The Balaban J connectivity index is 1.93. The highest BCUT2D eigenvalue weighted by Crippen LogP contribution is 2.22. The van der Waals surface area contributed by atoms with Crippen LogP contribution >= 0.6 is 0 Å². The molecular formula is C25H49N2O+. The van der Waals surface area contributed by atoms with E-state index >= 15 is 0 Å². The van der Waals surface area contributed by atoms with Gasteiger partial charge in [-0.05, 0) is 39.0 Å². The zero-order valence-corrected chi connectivity index (χ0v) is 19.3. The number of unbranched alkanes of at least 4 members (excludes halogenated alkanes) is 12. The summed E-state index contributed by atoms with van der Waals surface area (Å²) in [7, 11) is 0. The SMILES string of the molecule is CCCCCCCCCC/C=C/CCCCCCC1=NCC[N+]1(CC)C(C)O. The van der Waals surface area contributed by atoms with E-state index in [2.05, 4.69) is 26.0 Å². The second-order valence-corrected chi connectivity index (χ2v) is 8.69. The van der Waals surface area contributed by atoms with Crippen LogP contribution in [0.5, 0.6) is 0 Å². The van der Waals surface area contributed by atoms with E-state index in [9.17, 15) is 5.11 Å². The Hall–Kier alpha value is -0.670. The first-order chi connectivity index (χ1) is 13.7. The number of aliphatic hydroxyl groups excluding tert-OH is 1.